The van der Waals surface area contributed by atoms with Crippen molar-refractivity contribution in [3.8, 4) is 11.5 Å². The van der Waals surface area contributed by atoms with E-state index < -0.39 is 35.1 Å². The van der Waals surface area contributed by atoms with Crippen LogP contribution in [0.15, 0.2) is 18.2 Å². The molecule has 0 unspecified atom stereocenters. The first-order valence-corrected chi connectivity index (χ1v) is 14.6. The normalized spacial score (nSPS) is 15.6. The second-order valence-electron chi connectivity index (χ2n) is 12.4. The number of aliphatic hydroxyl groups excluding tert-OH is 1. The van der Waals surface area contributed by atoms with Crippen LogP contribution in [0.4, 0.5) is 0 Å². The molecule has 0 spiro atoms. The predicted octanol–water partition coefficient (Wildman–Crippen LogP) is 3.94. The molecule has 0 heterocycles. The summed E-state index contributed by atoms with van der Waals surface area (Å²) in [4.78, 5) is 24.9. The lowest BCUT2D eigenvalue weighted by molar-refractivity contribution is -0.166. The van der Waals surface area contributed by atoms with Crippen molar-refractivity contribution >= 4 is 11.9 Å². The Morgan fingerprint density at radius 3 is 2.17 bits per heavy atom. The minimum absolute atomic E-state index is 0.0336. The van der Waals surface area contributed by atoms with Gasteiger partial charge in [0, 0.05) is 26.6 Å². The molecule has 236 valence electrons. The molecule has 1 rings (SSSR count). The first kappa shape index (κ1) is 36.6. The van der Waals surface area contributed by atoms with E-state index >= 15 is 0 Å². The van der Waals surface area contributed by atoms with Gasteiger partial charge in [-0.05, 0) is 89.5 Å². The summed E-state index contributed by atoms with van der Waals surface area (Å²) in [6.45, 7) is 12.9. The van der Waals surface area contributed by atoms with E-state index in [1.165, 1.54) is 6.92 Å². The van der Waals surface area contributed by atoms with Crippen molar-refractivity contribution in [2.75, 3.05) is 33.5 Å². The molecular formula is C31H54N2O8. The van der Waals surface area contributed by atoms with Crippen LogP contribution >= 0.6 is 0 Å². The molecule has 0 bridgehead atoms. The molecule has 1 aromatic carbocycles. The maximum absolute atomic E-state index is 13.3. The van der Waals surface area contributed by atoms with E-state index in [0.29, 0.717) is 50.7 Å². The van der Waals surface area contributed by atoms with Crippen molar-refractivity contribution in [2.24, 2.45) is 29.2 Å². The van der Waals surface area contributed by atoms with Crippen LogP contribution in [0.5, 0.6) is 11.5 Å². The Morgan fingerprint density at radius 2 is 1.61 bits per heavy atom. The molecule has 0 aliphatic carbocycles. The minimum atomic E-state index is -1.69. The van der Waals surface area contributed by atoms with Crippen molar-refractivity contribution in [1.82, 2.24) is 0 Å². The van der Waals surface area contributed by atoms with Crippen LogP contribution < -0.4 is 20.9 Å². The number of hydrogen-bond acceptors (Lipinski definition) is 9. The van der Waals surface area contributed by atoms with E-state index in [0.717, 1.165) is 24.8 Å². The summed E-state index contributed by atoms with van der Waals surface area (Å²) in [6.07, 6.45) is 1.77. The summed E-state index contributed by atoms with van der Waals surface area (Å²) in [5.74, 6) is -1.36. The number of aliphatic hydroxyl groups is 1. The fourth-order valence-electron chi connectivity index (χ4n) is 4.40. The molecule has 1 aromatic rings. The Hall–Kier alpha value is -2.40. The van der Waals surface area contributed by atoms with Crippen molar-refractivity contribution < 1.29 is 38.7 Å². The van der Waals surface area contributed by atoms with Crippen LogP contribution in [0.3, 0.4) is 0 Å². The standard InChI is InChI=1S/C31H54N2O8/c1-21(2)23(19-24(28(35)41-30(3,4)5)25(34)20-31(6,33)29(36)37)17-22-11-12-26(39-15-9-8-13-32)27(18-22)40-16-10-14-38-7/h11-12,18,21,23-25,34H,8-10,13-17,19-20,32-33H2,1-7H3,(H,36,37)/t23-,24+,25+,31-/m1/s1. The zero-order valence-corrected chi connectivity index (χ0v) is 26.1. The highest BCUT2D eigenvalue weighted by molar-refractivity contribution is 5.78. The van der Waals surface area contributed by atoms with Gasteiger partial charge < -0.3 is 40.6 Å². The molecular weight excluding hydrogens is 528 g/mol. The Labute approximate surface area is 246 Å². The van der Waals surface area contributed by atoms with Gasteiger partial charge in [0.1, 0.15) is 11.1 Å². The number of carboxylic acid groups (broad SMARTS) is 1. The first-order valence-electron chi connectivity index (χ1n) is 14.6. The van der Waals surface area contributed by atoms with Crippen LogP contribution in [0, 0.1) is 17.8 Å². The van der Waals surface area contributed by atoms with Gasteiger partial charge in [-0.1, -0.05) is 19.9 Å². The number of nitrogens with two attached hydrogens (primary N) is 2. The lowest BCUT2D eigenvalue weighted by Gasteiger charge is -2.33. The summed E-state index contributed by atoms with van der Waals surface area (Å²) >= 11 is 0. The van der Waals surface area contributed by atoms with Gasteiger partial charge in [0.2, 0.25) is 0 Å². The average molecular weight is 583 g/mol. The third kappa shape index (κ3) is 13.9. The Balaban J connectivity index is 3.23. The smallest absolute Gasteiger partial charge is 0.323 e. The van der Waals surface area contributed by atoms with Gasteiger partial charge in [-0.2, -0.15) is 0 Å². The lowest BCUT2D eigenvalue weighted by Crippen LogP contribution is -2.50. The first-order chi connectivity index (χ1) is 19.1. The second-order valence-corrected chi connectivity index (χ2v) is 12.4. The maximum atomic E-state index is 13.3. The van der Waals surface area contributed by atoms with Gasteiger partial charge in [0.05, 0.1) is 25.2 Å². The molecule has 6 N–H and O–H groups in total. The molecule has 10 nitrogen and oxygen atoms in total. The van der Waals surface area contributed by atoms with E-state index in [1.54, 1.807) is 27.9 Å². The second kappa shape index (κ2) is 17.5. The topological polar surface area (TPSA) is 164 Å². The fraction of sp³-hybridized carbons (Fsp3) is 0.742. The van der Waals surface area contributed by atoms with Gasteiger partial charge in [-0.25, -0.2) is 0 Å². The minimum Gasteiger partial charge on any atom is -0.490 e. The van der Waals surface area contributed by atoms with Gasteiger partial charge >= 0.3 is 11.9 Å². The van der Waals surface area contributed by atoms with Crippen LogP contribution in [0.25, 0.3) is 0 Å². The summed E-state index contributed by atoms with van der Waals surface area (Å²) in [7, 11) is 1.65. The van der Waals surface area contributed by atoms with E-state index in [2.05, 4.69) is 13.8 Å². The van der Waals surface area contributed by atoms with Crippen LogP contribution in [-0.4, -0.2) is 72.9 Å². The zero-order valence-electron chi connectivity index (χ0n) is 26.1. The zero-order chi connectivity index (χ0) is 31.2. The number of esters is 1. The number of benzene rings is 1. The number of rotatable bonds is 20. The monoisotopic (exact) mass is 582 g/mol. The third-order valence-corrected chi connectivity index (χ3v) is 6.91. The summed E-state index contributed by atoms with van der Waals surface area (Å²) in [6, 6.07) is 5.84. The molecule has 0 aliphatic heterocycles. The van der Waals surface area contributed by atoms with Crippen molar-refractivity contribution in [3.63, 3.8) is 0 Å². The van der Waals surface area contributed by atoms with Crippen LogP contribution in [0.1, 0.15) is 79.2 Å². The van der Waals surface area contributed by atoms with Crippen molar-refractivity contribution in [2.45, 2.75) is 97.3 Å². The molecule has 0 saturated carbocycles. The van der Waals surface area contributed by atoms with Gasteiger partial charge in [-0.15, -0.1) is 0 Å². The Morgan fingerprint density at radius 1 is 0.976 bits per heavy atom. The number of ether oxygens (including phenoxy) is 4. The largest absolute Gasteiger partial charge is 0.490 e. The summed E-state index contributed by atoms with van der Waals surface area (Å²) in [5.41, 5.74) is 10.1. The van der Waals surface area contributed by atoms with Gasteiger partial charge in [0.15, 0.2) is 11.5 Å². The van der Waals surface area contributed by atoms with Gasteiger partial charge in [-0.3, -0.25) is 9.59 Å². The van der Waals surface area contributed by atoms with E-state index in [-0.39, 0.29) is 18.3 Å². The fourth-order valence-corrected chi connectivity index (χ4v) is 4.40. The Kier molecular flexibility index (Phi) is 15.7. The van der Waals surface area contributed by atoms with Crippen molar-refractivity contribution in [1.29, 1.82) is 0 Å². The molecule has 10 heteroatoms. The number of hydrogen-bond donors (Lipinski definition) is 4. The average Bonchev–Trinajstić information content (AvgIpc) is 2.86. The predicted molar refractivity (Wildman–Crippen MR) is 159 cm³/mol. The SMILES string of the molecule is COCCCOc1cc(C[C@H](C[C@H](C(=O)OC(C)(C)C)[C@@H](O)C[C@@](C)(N)C(=O)O)C(C)C)ccc1OCCCCN. The number of carbonyl (C=O) groups excluding carboxylic acids is 1. The summed E-state index contributed by atoms with van der Waals surface area (Å²) in [5, 5.41) is 20.6. The summed E-state index contributed by atoms with van der Waals surface area (Å²) < 4.78 is 22.8. The van der Waals surface area contributed by atoms with E-state index in [1.807, 2.05) is 18.2 Å². The van der Waals surface area contributed by atoms with Crippen LogP contribution in [0.2, 0.25) is 0 Å². The number of unbranched alkanes of at least 4 members (excludes halogenated alkanes) is 1. The molecule has 0 fully saturated rings. The molecule has 41 heavy (non-hydrogen) atoms. The van der Waals surface area contributed by atoms with Gasteiger partial charge in [0.25, 0.3) is 0 Å². The van der Waals surface area contributed by atoms with E-state index in [4.69, 9.17) is 30.4 Å². The highest BCUT2D eigenvalue weighted by Crippen LogP contribution is 2.34. The van der Waals surface area contributed by atoms with E-state index in [9.17, 15) is 19.8 Å². The number of methoxy groups -OCH3 is 1. The molecule has 4 atom stereocenters. The number of carbonyl (C=O) groups is 2. The molecule has 0 saturated heterocycles. The lowest BCUT2D eigenvalue weighted by atomic mass is 9.78. The highest BCUT2D eigenvalue weighted by Gasteiger charge is 2.39. The molecule has 0 aromatic heterocycles. The number of aliphatic carboxylic acids is 1. The molecule has 0 aliphatic rings. The highest BCUT2D eigenvalue weighted by atomic mass is 16.6. The third-order valence-electron chi connectivity index (χ3n) is 6.91. The van der Waals surface area contributed by atoms with Crippen LogP contribution in [-0.2, 0) is 25.5 Å². The maximum Gasteiger partial charge on any atom is 0.323 e. The Bertz CT molecular complexity index is 929. The number of carboxylic acids is 1. The molecule has 0 amide bonds. The van der Waals surface area contributed by atoms with Crippen molar-refractivity contribution in [3.05, 3.63) is 23.8 Å². The quantitative estimate of drug-likeness (QED) is 0.131. The molecule has 0 radical (unpaired) electrons.